The Balaban J connectivity index is 1.80. The summed E-state index contributed by atoms with van der Waals surface area (Å²) in [7, 11) is 0. The van der Waals surface area contributed by atoms with E-state index in [0.29, 0.717) is 16.6 Å². The van der Waals surface area contributed by atoms with E-state index in [2.05, 4.69) is 43.3 Å². The lowest BCUT2D eigenvalue weighted by Gasteiger charge is -2.46. The first kappa shape index (κ1) is 17.2. The van der Waals surface area contributed by atoms with Gasteiger partial charge >= 0.3 is 0 Å². The van der Waals surface area contributed by atoms with Crippen molar-refractivity contribution in [2.24, 2.45) is 0 Å². The SMILES string of the molecule is CC1(C)CC(NC(=O)c2cc3cc(F)c(Cl)cc3[nH]2)CC(C)(C)N1. The fourth-order valence-electron chi connectivity index (χ4n) is 3.94. The van der Waals surface area contributed by atoms with Crippen LogP contribution in [0.1, 0.15) is 51.0 Å². The Morgan fingerprint density at radius 3 is 2.46 bits per heavy atom. The Kier molecular flexibility index (Phi) is 4.12. The first-order valence-corrected chi connectivity index (χ1v) is 8.50. The van der Waals surface area contributed by atoms with Gasteiger partial charge in [0.2, 0.25) is 0 Å². The second-order valence-electron chi connectivity index (χ2n) is 8.01. The summed E-state index contributed by atoms with van der Waals surface area (Å²) in [6.07, 6.45) is 1.70. The summed E-state index contributed by atoms with van der Waals surface area (Å²) < 4.78 is 13.5. The molecule has 1 aliphatic heterocycles. The van der Waals surface area contributed by atoms with Gasteiger partial charge in [0.1, 0.15) is 11.5 Å². The maximum absolute atomic E-state index is 13.5. The number of amides is 1. The smallest absolute Gasteiger partial charge is 0.267 e. The first-order chi connectivity index (χ1) is 11.0. The molecule has 1 aromatic carbocycles. The molecule has 1 amide bonds. The minimum Gasteiger partial charge on any atom is -0.350 e. The summed E-state index contributed by atoms with van der Waals surface area (Å²) in [6.45, 7) is 8.56. The van der Waals surface area contributed by atoms with Crippen molar-refractivity contribution in [1.82, 2.24) is 15.6 Å². The molecule has 0 aliphatic carbocycles. The number of carbonyl (C=O) groups is 1. The van der Waals surface area contributed by atoms with Gasteiger partial charge in [0.15, 0.2) is 0 Å². The maximum atomic E-state index is 13.5. The number of hydrogen-bond acceptors (Lipinski definition) is 2. The number of H-pyrrole nitrogens is 1. The Labute approximate surface area is 146 Å². The van der Waals surface area contributed by atoms with Crippen LogP contribution in [0.5, 0.6) is 0 Å². The number of aromatic amines is 1. The molecule has 0 spiro atoms. The summed E-state index contributed by atoms with van der Waals surface area (Å²) in [6, 6.07) is 4.57. The van der Waals surface area contributed by atoms with Gasteiger partial charge in [0.05, 0.1) is 5.02 Å². The van der Waals surface area contributed by atoms with E-state index in [0.717, 1.165) is 12.8 Å². The Hall–Kier alpha value is -1.59. The van der Waals surface area contributed by atoms with Gasteiger partial charge in [-0.2, -0.15) is 0 Å². The van der Waals surface area contributed by atoms with Crippen LogP contribution in [-0.2, 0) is 0 Å². The average Bonchev–Trinajstić information content (AvgIpc) is 2.78. The van der Waals surface area contributed by atoms with E-state index < -0.39 is 5.82 Å². The van der Waals surface area contributed by atoms with Gasteiger partial charge in [-0.15, -0.1) is 0 Å². The van der Waals surface area contributed by atoms with Crippen molar-refractivity contribution in [2.45, 2.75) is 57.7 Å². The Bertz CT molecular complexity index is 742. The fraction of sp³-hybridized carbons (Fsp3) is 0.500. The van der Waals surface area contributed by atoms with Crippen molar-refractivity contribution < 1.29 is 9.18 Å². The molecule has 130 valence electrons. The van der Waals surface area contributed by atoms with Crippen LogP contribution < -0.4 is 10.6 Å². The van der Waals surface area contributed by atoms with E-state index >= 15 is 0 Å². The number of halogens is 2. The van der Waals surface area contributed by atoms with Crippen LogP contribution in [0.4, 0.5) is 4.39 Å². The number of benzene rings is 1. The predicted molar refractivity (Wildman–Crippen MR) is 95.0 cm³/mol. The van der Waals surface area contributed by atoms with E-state index in [1.165, 1.54) is 12.1 Å². The number of rotatable bonds is 2. The predicted octanol–water partition coefficient (Wildman–Crippen LogP) is 4.00. The van der Waals surface area contributed by atoms with Gasteiger partial charge in [-0.3, -0.25) is 4.79 Å². The van der Waals surface area contributed by atoms with Crippen LogP contribution in [0.15, 0.2) is 18.2 Å². The van der Waals surface area contributed by atoms with Gasteiger partial charge in [-0.1, -0.05) is 11.6 Å². The summed E-state index contributed by atoms with van der Waals surface area (Å²) >= 11 is 5.79. The lowest BCUT2D eigenvalue weighted by Crippen LogP contribution is -2.62. The largest absolute Gasteiger partial charge is 0.350 e. The number of fused-ring (bicyclic) bond motifs is 1. The molecule has 0 bridgehead atoms. The van der Waals surface area contributed by atoms with Crippen molar-refractivity contribution in [1.29, 1.82) is 0 Å². The second-order valence-corrected chi connectivity index (χ2v) is 8.42. The van der Waals surface area contributed by atoms with Crippen LogP contribution in [0.3, 0.4) is 0 Å². The molecule has 2 heterocycles. The van der Waals surface area contributed by atoms with E-state index in [1.54, 1.807) is 6.07 Å². The third kappa shape index (κ3) is 3.57. The van der Waals surface area contributed by atoms with E-state index in [4.69, 9.17) is 11.6 Å². The van der Waals surface area contributed by atoms with Gasteiger partial charge in [0.25, 0.3) is 5.91 Å². The lowest BCUT2D eigenvalue weighted by molar-refractivity contribution is 0.0869. The summed E-state index contributed by atoms with van der Waals surface area (Å²) in [4.78, 5) is 15.6. The van der Waals surface area contributed by atoms with E-state index in [9.17, 15) is 9.18 Å². The number of piperidine rings is 1. The highest BCUT2D eigenvalue weighted by atomic mass is 35.5. The lowest BCUT2D eigenvalue weighted by atomic mass is 9.79. The van der Waals surface area contributed by atoms with E-state index in [1.807, 2.05) is 0 Å². The van der Waals surface area contributed by atoms with Crippen molar-refractivity contribution in [3.63, 3.8) is 0 Å². The summed E-state index contributed by atoms with van der Waals surface area (Å²) in [5.41, 5.74) is 0.978. The summed E-state index contributed by atoms with van der Waals surface area (Å²) in [5.74, 6) is -0.668. The summed E-state index contributed by atoms with van der Waals surface area (Å²) in [5, 5.41) is 7.37. The van der Waals surface area contributed by atoms with Crippen LogP contribution in [0.25, 0.3) is 10.9 Å². The number of carbonyl (C=O) groups excluding carboxylic acids is 1. The zero-order valence-corrected chi connectivity index (χ0v) is 15.1. The highest BCUT2D eigenvalue weighted by Gasteiger charge is 2.38. The molecule has 0 atom stereocenters. The molecule has 0 radical (unpaired) electrons. The highest BCUT2D eigenvalue weighted by Crippen LogP contribution is 2.29. The van der Waals surface area contributed by atoms with Gasteiger partial charge in [0, 0.05) is 28.0 Å². The quantitative estimate of drug-likeness (QED) is 0.766. The van der Waals surface area contributed by atoms with Crippen LogP contribution in [-0.4, -0.2) is 28.0 Å². The molecule has 1 fully saturated rings. The van der Waals surface area contributed by atoms with Crippen molar-refractivity contribution in [3.8, 4) is 0 Å². The third-order valence-corrected chi connectivity index (χ3v) is 4.72. The number of hydrogen-bond donors (Lipinski definition) is 3. The van der Waals surface area contributed by atoms with Gasteiger partial charge in [-0.05, 0) is 58.7 Å². The second kappa shape index (κ2) is 5.74. The number of nitrogens with one attached hydrogen (secondary N) is 3. The zero-order valence-electron chi connectivity index (χ0n) is 14.4. The molecule has 1 aliphatic rings. The normalized spacial score (nSPS) is 20.2. The van der Waals surface area contributed by atoms with Crippen LogP contribution in [0, 0.1) is 5.82 Å². The molecule has 1 saturated heterocycles. The number of aromatic nitrogens is 1. The minimum absolute atomic E-state index is 0.0400. The zero-order chi connectivity index (χ0) is 17.7. The van der Waals surface area contributed by atoms with E-state index in [-0.39, 0.29) is 28.0 Å². The third-order valence-electron chi connectivity index (χ3n) is 4.43. The van der Waals surface area contributed by atoms with Crippen molar-refractivity contribution >= 4 is 28.4 Å². The topological polar surface area (TPSA) is 56.9 Å². The Morgan fingerprint density at radius 1 is 1.21 bits per heavy atom. The molecule has 6 heteroatoms. The molecule has 2 aromatic rings. The first-order valence-electron chi connectivity index (χ1n) is 8.13. The molecule has 3 N–H and O–H groups in total. The molecular weight excluding hydrogens is 329 g/mol. The van der Waals surface area contributed by atoms with Gasteiger partial charge < -0.3 is 15.6 Å². The van der Waals surface area contributed by atoms with Crippen molar-refractivity contribution in [3.05, 3.63) is 34.7 Å². The molecular formula is C18H23ClFN3O. The van der Waals surface area contributed by atoms with Crippen molar-refractivity contribution in [2.75, 3.05) is 0 Å². The highest BCUT2D eigenvalue weighted by molar-refractivity contribution is 6.31. The molecule has 3 rings (SSSR count). The molecule has 0 saturated carbocycles. The maximum Gasteiger partial charge on any atom is 0.267 e. The molecule has 1 aromatic heterocycles. The monoisotopic (exact) mass is 351 g/mol. The Morgan fingerprint density at radius 2 is 1.83 bits per heavy atom. The fourth-order valence-corrected chi connectivity index (χ4v) is 4.10. The van der Waals surface area contributed by atoms with Crippen LogP contribution >= 0.6 is 11.6 Å². The molecule has 24 heavy (non-hydrogen) atoms. The standard InChI is InChI=1S/C18H23ClFN3O/c1-17(2)8-11(9-18(3,4)23-17)21-16(24)15-6-10-5-13(20)12(19)7-14(10)22-15/h5-7,11,22-23H,8-9H2,1-4H3,(H,21,24). The minimum atomic E-state index is -0.489. The average molecular weight is 352 g/mol. The van der Waals surface area contributed by atoms with Crippen LogP contribution in [0.2, 0.25) is 5.02 Å². The van der Waals surface area contributed by atoms with Gasteiger partial charge in [-0.25, -0.2) is 4.39 Å². The molecule has 0 unspecified atom stereocenters. The molecule has 4 nitrogen and oxygen atoms in total.